The minimum absolute atomic E-state index is 0.267. The van der Waals surface area contributed by atoms with Gasteiger partial charge in [-0.2, -0.15) is 0 Å². The molecule has 2 aromatic rings. The Morgan fingerprint density at radius 3 is 2.63 bits per heavy atom. The van der Waals surface area contributed by atoms with E-state index in [0.717, 1.165) is 28.7 Å². The Morgan fingerprint density at radius 2 is 1.95 bits per heavy atom. The number of rotatable bonds is 2. The van der Waals surface area contributed by atoms with Crippen LogP contribution in [-0.4, -0.2) is 24.2 Å². The molecule has 98 valence electrons. The molecule has 3 rings (SSSR count). The van der Waals surface area contributed by atoms with Crippen LogP contribution < -0.4 is 10.6 Å². The third-order valence-corrected chi connectivity index (χ3v) is 3.81. The van der Waals surface area contributed by atoms with Crippen LogP contribution in [0.2, 0.25) is 0 Å². The van der Waals surface area contributed by atoms with E-state index in [1.54, 1.807) is 0 Å². The second-order valence-electron chi connectivity index (χ2n) is 4.99. The summed E-state index contributed by atoms with van der Waals surface area (Å²) in [6.45, 7) is 1.36. The van der Waals surface area contributed by atoms with E-state index in [9.17, 15) is 4.79 Å². The molecule has 0 aliphatic carbocycles. The van der Waals surface area contributed by atoms with Crippen LogP contribution in [0.3, 0.4) is 0 Å². The lowest BCUT2D eigenvalue weighted by atomic mass is 10.1. The fourth-order valence-corrected chi connectivity index (χ4v) is 2.76. The fraction of sp³-hybridized carbons (Fsp3) is 0.267. The molecule has 2 aromatic carbocycles. The summed E-state index contributed by atoms with van der Waals surface area (Å²) in [4.78, 5) is 13.2. The van der Waals surface area contributed by atoms with E-state index in [1.165, 1.54) is 0 Å². The highest BCUT2D eigenvalue weighted by molar-refractivity contribution is 6.01. The van der Waals surface area contributed by atoms with E-state index < -0.39 is 5.97 Å². The molecular formula is C15H16N2O2. The van der Waals surface area contributed by atoms with Gasteiger partial charge in [0.2, 0.25) is 0 Å². The van der Waals surface area contributed by atoms with E-state index in [-0.39, 0.29) is 5.92 Å². The van der Waals surface area contributed by atoms with Gasteiger partial charge in [0.15, 0.2) is 0 Å². The number of nitrogen functional groups attached to an aromatic ring is 1. The Bertz CT molecular complexity index is 639. The lowest BCUT2D eigenvalue weighted by molar-refractivity contribution is -0.140. The van der Waals surface area contributed by atoms with Crippen molar-refractivity contribution < 1.29 is 9.90 Å². The highest BCUT2D eigenvalue weighted by Crippen LogP contribution is 2.33. The summed E-state index contributed by atoms with van der Waals surface area (Å²) in [5.74, 6) is -0.974. The van der Waals surface area contributed by atoms with Crippen LogP contribution >= 0.6 is 0 Å². The lowest BCUT2D eigenvalue weighted by Gasteiger charge is -2.21. The van der Waals surface area contributed by atoms with Gasteiger partial charge in [-0.15, -0.1) is 0 Å². The topological polar surface area (TPSA) is 66.6 Å². The number of carboxylic acid groups (broad SMARTS) is 1. The van der Waals surface area contributed by atoms with E-state index in [1.807, 2.05) is 36.4 Å². The van der Waals surface area contributed by atoms with Gasteiger partial charge in [0.25, 0.3) is 0 Å². The number of carboxylic acids is 1. The number of nitrogens with two attached hydrogens (primary N) is 1. The molecule has 4 heteroatoms. The predicted octanol–water partition coefficient (Wildman–Crippen LogP) is 2.33. The van der Waals surface area contributed by atoms with Crippen molar-refractivity contribution in [2.45, 2.75) is 6.42 Å². The number of carbonyl (C=O) groups is 1. The zero-order chi connectivity index (χ0) is 13.4. The van der Waals surface area contributed by atoms with Crippen LogP contribution in [0.4, 0.5) is 11.4 Å². The van der Waals surface area contributed by atoms with E-state index in [2.05, 4.69) is 4.90 Å². The van der Waals surface area contributed by atoms with Gasteiger partial charge in [0.1, 0.15) is 0 Å². The molecule has 4 nitrogen and oxygen atoms in total. The molecule has 0 saturated carbocycles. The highest BCUT2D eigenvalue weighted by Gasteiger charge is 2.28. The van der Waals surface area contributed by atoms with Crippen molar-refractivity contribution in [1.82, 2.24) is 0 Å². The summed E-state index contributed by atoms with van der Waals surface area (Å²) in [7, 11) is 0. The van der Waals surface area contributed by atoms with Crippen LogP contribution in [0.5, 0.6) is 0 Å². The molecule has 0 unspecified atom stereocenters. The Balaban J connectivity index is 2.02. The molecular weight excluding hydrogens is 240 g/mol. The molecule has 3 N–H and O–H groups in total. The number of aliphatic carboxylic acids is 1. The largest absolute Gasteiger partial charge is 0.481 e. The number of fused-ring (bicyclic) bond motifs is 1. The molecule has 1 heterocycles. The molecule has 19 heavy (non-hydrogen) atoms. The average molecular weight is 256 g/mol. The summed E-state index contributed by atoms with van der Waals surface area (Å²) in [6, 6.07) is 11.9. The van der Waals surface area contributed by atoms with Crippen molar-refractivity contribution >= 4 is 28.1 Å². The van der Waals surface area contributed by atoms with Gasteiger partial charge in [-0.1, -0.05) is 24.3 Å². The molecule has 1 fully saturated rings. The average Bonchev–Trinajstić information content (AvgIpc) is 2.89. The number of hydrogen-bond acceptors (Lipinski definition) is 3. The summed E-state index contributed by atoms with van der Waals surface area (Å²) in [5.41, 5.74) is 7.82. The Kier molecular flexibility index (Phi) is 2.78. The SMILES string of the molecule is Nc1ccc(N2CC[C@H](C(=O)O)C2)c2ccccc12. The summed E-state index contributed by atoms with van der Waals surface area (Å²) >= 11 is 0. The first-order valence-electron chi connectivity index (χ1n) is 6.42. The molecule has 1 atom stereocenters. The molecule has 0 aromatic heterocycles. The Labute approximate surface area is 111 Å². The van der Waals surface area contributed by atoms with Gasteiger partial charge in [-0.3, -0.25) is 4.79 Å². The van der Waals surface area contributed by atoms with Gasteiger partial charge in [0, 0.05) is 35.2 Å². The van der Waals surface area contributed by atoms with Gasteiger partial charge in [-0.05, 0) is 18.6 Å². The van der Waals surface area contributed by atoms with Crippen LogP contribution in [0.1, 0.15) is 6.42 Å². The molecule has 0 amide bonds. The summed E-state index contributed by atoms with van der Waals surface area (Å²) < 4.78 is 0. The third-order valence-electron chi connectivity index (χ3n) is 3.81. The standard InChI is InChI=1S/C15H16N2O2/c16-13-5-6-14(12-4-2-1-3-11(12)13)17-8-7-10(9-17)15(18)19/h1-6,10H,7-9,16H2,(H,18,19)/t10-/m0/s1. The smallest absolute Gasteiger partial charge is 0.308 e. The van der Waals surface area contributed by atoms with Gasteiger partial charge < -0.3 is 15.7 Å². The summed E-state index contributed by atoms with van der Waals surface area (Å²) in [6.07, 6.45) is 0.702. The maximum absolute atomic E-state index is 11.0. The quantitative estimate of drug-likeness (QED) is 0.809. The van der Waals surface area contributed by atoms with Crippen molar-refractivity contribution in [2.75, 3.05) is 23.7 Å². The number of anilines is 2. The molecule has 1 aliphatic heterocycles. The van der Waals surface area contributed by atoms with E-state index >= 15 is 0 Å². The van der Waals surface area contributed by atoms with Crippen molar-refractivity contribution in [3.8, 4) is 0 Å². The molecule has 1 aliphatic rings. The first-order chi connectivity index (χ1) is 9.16. The van der Waals surface area contributed by atoms with Crippen molar-refractivity contribution in [1.29, 1.82) is 0 Å². The zero-order valence-electron chi connectivity index (χ0n) is 10.5. The maximum atomic E-state index is 11.0. The first kappa shape index (κ1) is 11.8. The minimum atomic E-state index is -0.706. The number of benzene rings is 2. The zero-order valence-corrected chi connectivity index (χ0v) is 10.5. The summed E-state index contributed by atoms with van der Waals surface area (Å²) in [5, 5.41) is 11.2. The highest BCUT2D eigenvalue weighted by atomic mass is 16.4. The molecule has 0 bridgehead atoms. The molecule has 0 spiro atoms. The van der Waals surface area contributed by atoms with Crippen molar-refractivity contribution in [2.24, 2.45) is 5.92 Å². The normalized spacial score (nSPS) is 18.9. The number of nitrogens with zero attached hydrogens (tertiary/aromatic N) is 1. The van der Waals surface area contributed by atoms with E-state index in [4.69, 9.17) is 10.8 Å². The minimum Gasteiger partial charge on any atom is -0.481 e. The Hall–Kier alpha value is -2.23. The van der Waals surface area contributed by atoms with Gasteiger partial charge >= 0.3 is 5.97 Å². The third kappa shape index (κ3) is 1.99. The second-order valence-corrected chi connectivity index (χ2v) is 4.99. The van der Waals surface area contributed by atoms with Crippen molar-refractivity contribution in [3.05, 3.63) is 36.4 Å². The first-order valence-corrected chi connectivity index (χ1v) is 6.42. The predicted molar refractivity (Wildman–Crippen MR) is 76.3 cm³/mol. The van der Waals surface area contributed by atoms with Crippen LogP contribution in [0.25, 0.3) is 10.8 Å². The molecule has 0 radical (unpaired) electrons. The van der Waals surface area contributed by atoms with E-state index in [0.29, 0.717) is 13.0 Å². The Morgan fingerprint density at radius 1 is 1.21 bits per heavy atom. The molecule has 1 saturated heterocycles. The monoisotopic (exact) mass is 256 g/mol. The fourth-order valence-electron chi connectivity index (χ4n) is 2.76. The van der Waals surface area contributed by atoms with Crippen LogP contribution in [-0.2, 0) is 4.79 Å². The van der Waals surface area contributed by atoms with Crippen LogP contribution in [0, 0.1) is 5.92 Å². The maximum Gasteiger partial charge on any atom is 0.308 e. The van der Waals surface area contributed by atoms with Crippen LogP contribution in [0.15, 0.2) is 36.4 Å². The lowest BCUT2D eigenvalue weighted by Crippen LogP contribution is -2.22. The van der Waals surface area contributed by atoms with Gasteiger partial charge in [0.05, 0.1) is 5.92 Å². The van der Waals surface area contributed by atoms with Crippen molar-refractivity contribution in [3.63, 3.8) is 0 Å². The van der Waals surface area contributed by atoms with Gasteiger partial charge in [-0.25, -0.2) is 0 Å². The number of hydrogen-bond donors (Lipinski definition) is 2. The second kappa shape index (κ2) is 4.46.